The van der Waals surface area contributed by atoms with Gasteiger partial charge in [-0.15, -0.1) is 22.7 Å². The predicted molar refractivity (Wildman–Crippen MR) is 62.9 cm³/mol. The van der Waals surface area contributed by atoms with Crippen LogP contribution in [-0.4, -0.2) is 11.5 Å². The standard InChI is InChI=1S/C10H12N2S2/c1-7-2-3-9(14-7)8-6-13-10(12-8)4-5-11/h2-3,6H,4-5,11H2,1H3. The van der Waals surface area contributed by atoms with E-state index in [9.17, 15) is 0 Å². The van der Waals surface area contributed by atoms with Crippen LogP contribution in [0.3, 0.4) is 0 Å². The van der Waals surface area contributed by atoms with E-state index in [4.69, 9.17) is 5.73 Å². The molecule has 2 rings (SSSR count). The maximum absolute atomic E-state index is 5.48. The van der Waals surface area contributed by atoms with Crippen LogP contribution in [0, 0.1) is 6.92 Å². The van der Waals surface area contributed by atoms with Crippen molar-refractivity contribution in [3.63, 3.8) is 0 Å². The van der Waals surface area contributed by atoms with Gasteiger partial charge in [0.1, 0.15) is 0 Å². The molecule has 0 radical (unpaired) electrons. The summed E-state index contributed by atoms with van der Waals surface area (Å²) >= 11 is 3.48. The van der Waals surface area contributed by atoms with Crippen LogP contribution in [0.2, 0.25) is 0 Å². The smallest absolute Gasteiger partial charge is 0.0945 e. The van der Waals surface area contributed by atoms with Gasteiger partial charge in [-0.25, -0.2) is 4.98 Å². The first kappa shape index (κ1) is 9.83. The number of thiazole rings is 1. The third-order valence-electron chi connectivity index (χ3n) is 1.90. The van der Waals surface area contributed by atoms with Crippen LogP contribution in [-0.2, 0) is 6.42 Å². The molecule has 0 saturated heterocycles. The van der Waals surface area contributed by atoms with Crippen molar-refractivity contribution in [3.05, 3.63) is 27.4 Å². The second kappa shape index (κ2) is 4.21. The third kappa shape index (κ3) is 2.03. The number of hydrogen-bond donors (Lipinski definition) is 1. The highest BCUT2D eigenvalue weighted by Crippen LogP contribution is 2.28. The number of nitrogens with zero attached hydrogens (tertiary/aromatic N) is 1. The molecule has 0 saturated carbocycles. The minimum atomic E-state index is 0.677. The Balaban J connectivity index is 2.24. The predicted octanol–water partition coefficient (Wildman–Crippen LogP) is 2.68. The van der Waals surface area contributed by atoms with Gasteiger partial charge in [-0.2, -0.15) is 0 Å². The molecule has 0 atom stereocenters. The van der Waals surface area contributed by atoms with E-state index in [1.807, 2.05) is 0 Å². The molecule has 0 bridgehead atoms. The Hall–Kier alpha value is -0.710. The molecule has 2 heterocycles. The zero-order valence-electron chi connectivity index (χ0n) is 7.99. The fourth-order valence-electron chi connectivity index (χ4n) is 1.23. The van der Waals surface area contributed by atoms with Crippen molar-refractivity contribution in [2.75, 3.05) is 6.54 Å². The van der Waals surface area contributed by atoms with Crippen LogP contribution >= 0.6 is 22.7 Å². The fourth-order valence-corrected chi connectivity index (χ4v) is 2.95. The Bertz CT molecular complexity index is 417. The van der Waals surface area contributed by atoms with Crippen LogP contribution in [0.15, 0.2) is 17.5 Å². The van der Waals surface area contributed by atoms with E-state index in [0.717, 1.165) is 17.1 Å². The number of aromatic nitrogens is 1. The minimum Gasteiger partial charge on any atom is -0.330 e. The van der Waals surface area contributed by atoms with Gasteiger partial charge < -0.3 is 5.73 Å². The van der Waals surface area contributed by atoms with E-state index >= 15 is 0 Å². The summed E-state index contributed by atoms with van der Waals surface area (Å²) in [6.07, 6.45) is 0.884. The Labute approximate surface area is 91.4 Å². The topological polar surface area (TPSA) is 38.9 Å². The van der Waals surface area contributed by atoms with Crippen LogP contribution in [0.1, 0.15) is 9.88 Å². The van der Waals surface area contributed by atoms with E-state index in [-0.39, 0.29) is 0 Å². The monoisotopic (exact) mass is 224 g/mol. The second-order valence-corrected chi connectivity index (χ2v) is 5.31. The van der Waals surface area contributed by atoms with E-state index in [1.165, 1.54) is 9.75 Å². The Kier molecular flexibility index (Phi) is 2.96. The Morgan fingerprint density at radius 2 is 2.29 bits per heavy atom. The van der Waals surface area contributed by atoms with Crippen LogP contribution in [0.5, 0.6) is 0 Å². The zero-order chi connectivity index (χ0) is 9.97. The van der Waals surface area contributed by atoms with Crippen molar-refractivity contribution in [2.24, 2.45) is 5.73 Å². The van der Waals surface area contributed by atoms with Gasteiger partial charge in [0.05, 0.1) is 15.6 Å². The summed E-state index contributed by atoms with van der Waals surface area (Å²) in [5.41, 5.74) is 6.58. The lowest BCUT2D eigenvalue weighted by Crippen LogP contribution is -2.01. The van der Waals surface area contributed by atoms with Crippen LogP contribution in [0.4, 0.5) is 0 Å². The highest BCUT2D eigenvalue weighted by molar-refractivity contribution is 7.16. The lowest BCUT2D eigenvalue weighted by molar-refractivity contribution is 0.954. The molecule has 0 aliphatic rings. The zero-order valence-corrected chi connectivity index (χ0v) is 9.62. The molecule has 0 unspecified atom stereocenters. The molecule has 0 amide bonds. The van der Waals surface area contributed by atoms with Crippen molar-refractivity contribution in [3.8, 4) is 10.6 Å². The van der Waals surface area contributed by atoms with Crippen molar-refractivity contribution >= 4 is 22.7 Å². The van der Waals surface area contributed by atoms with Gasteiger partial charge in [0.15, 0.2) is 0 Å². The minimum absolute atomic E-state index is 0.677. The molecule has 14 heavy (non-hydrogen) atoms. The van der Waals surface area contributed by atoms with E-state index in [1.54, 1.807) is 22.7 Å². The molecule has 2 N–H and O–H groups in total. The highest BCUT2D eigenvalue weighted by Gasteiger charge is 2.05. The maximum atomic E-state index is 5.48. The molecular formula is C10H12N2S2. The van der Waals surface area contributed by atoms with E-state index in [2.05, 4.69) is 29.4 Å². The van der Waals surface area contributed by atoms with Gasteiger partial charge in [0, 0.05) is 16.7 Å². The maximum Gasteiger partial charge on any atom is 0.0945 e. The Morgan fingerprint density at radius 3 is 2.93 bits per heavy atom. The average Bonchev–Trinajstić information content (AvgIpc) is 2.74. The van der Waals surface area contributed by atoms with Gasteiger partial charge in [0.25, 0.3) is 0 Å². The average molecular weight is 224 g/mol. The molecule has 74 valence electrons. The first-order valence-corrected chi connectivity index (χ1v) is 6.20. The largest absolute Gasteiger partial charge is 0.330 e. The fraction of sp³-hybridized carbons (Fsp3) is 0.300. The van der Waals surface area contributed by atoms with E-state index < -0.39 is 0 Å². The summed E-state index contributed by atoms with van der Waals surface area (Å²) in [5, 5.41) is 3.24. The van der Waals surface area contributed by atoms with Crippen LogP contribution in [0.25, 0.3) is 10.6 Å². The summed E-state index contributed by atoms with van der Waals surface area (Å²) in [6.45, 7) is 2.79. The molecule has 4 heteroatoms. The van der Waals surface area contributed by atoms with Gasteiger partial charge in [-0.3, -0.25) is 0 Å². The number of hydrogen-bond acceptors (Lipinski definition) is 4. The molecule has 0 fully saturated rings. The molecule has 0 spiro atoms. The summed E-state index contributed by atoms with van der Waals surface area (Å²) in [5.74, 6) is 0. The summed E-state index contributed by atoms with van der Waals surface area (Å²) in [4.78, 5) is 7.11. The van der Waals surface area contributed by atoms with Crippen molar-refractivity contribution in [2.45, 2.75) is 13.3 Å². The third-order valence-corrected chi connectivity index (χ3v) is 3.83. The van der Waals surface area contributed by atoms with Crippen molar-refractivity contribution in [1.29, 1.82) is 0 Å². The molecule has 2 aromatic rings. The van der Waals surface area contributed by atoms with Gasteiger partial charge in [-0.1, -0.05) is 0 Å². The van der Waals surface area contributed by atoms with E-state index in [0.29, 0.717) is 6.54 Å². The van der Waals surface area contributed by atoms with Gasteiger partial charge in [0.2, 0.25) is 0 Å². The molecule has 0 aliphatic carbocycles. The summed E-state index contributed by atoms with van der Waals surface area (Å²) in [6, 6.07) is 4.25. The quantitative estimate of drug-likeness (QED) is 0.870. The normalized spacial score (nSPS) is 10.7. The van der Waals surface area contributed by atoms with Crippen molar-refractivity contribution < 1.29 is 0 Å². The molecular weight excluding hydrogens is 212 g/mol. The lowest BCUT2D eigenvalue weighted by atomic mass is 10.3. The Morgan fingerprint density at radius 1 is 1.43 bits per heavy atom. The second-order valence-electron chi connectivity index (χ2n) is 3.08. The summed E-state index contributed by atoms with van der Waals surface area (Å²) < 4.78 is 0. The van der Waals surface area contributed by atoms with Crippen molar-refractivity contribution in [1.82, 2.24) is 4.98 Å². The number of aryl methyl sites for hydroxylation is 1. The number of nitrogens with two attached hydrogens (primary N) is 1. The first-order valence-electron chi connectivity index (χ1n) is 4.51. The molecule has 2 aromatic heterocycles. The van der Waals surface area contributed by atoms with Crippen LogP contribution < -0.4 is 5.73 Å². The number of thiophene rings is 1. The summed E-state index contributed by atoms with van der Waals surface area (Å²) in [7, 11) is 0. The van der Waals surface area contributed by atoms with Gasteiger partial charge in [-0.05, 0) is 25.6 Å². The first-order chi connectivity index (χ1) is 6.79. The molecule has 0 aromatic carbocycles. The number of rotatable bonds is 3. The SMILES string of the molecule is Cc1ccc(-c2csc(CCN)n2)s1. The highest BCUT2D eigenvalue weighted by atomic mass is 32.1. The molecule has 0 aliphatic heterocycles. The lowest BCUT2D eigenvalue weighted by Gasteiger charge is -1.89. The molecule has 2 nitrogen and oxygen atoms in total. The van der Waals surface area contributed by atoms with Gasteiger partial charge >= 0.3 is 0 Å².